The van der Waals surface area contributed by atoms with Crippen LogP contribution in [0.1, 0.15) is 35.2 Å². The highest BCUT2D eigenvalue weighted by Gasteiger charge is 2.08. The van der Waals surface area contributed by atoms with Gasteiger partial charge in [0, 0.05) is 22.0 Å². The molecule has 0 radical (unpaired) electrons. The summed E-state index contributed by atoms with van der Waals surface area (Å²) in [6, 6.07) is 13.0. The average Bonchev–Trinajstić information content (AvgIpc) is 2.90. The van der Waals surface area contributed by atoms with Gasteiger partial charge < -0.3 is 10.4 Å². The van der Waals surface area contributed by atoms with Crippen molar-refractivity contribution in [3.8, 4) is 0 Å². The molecule has 0 saturated heterocycles. The molecule has 0 fully saturated rings. The lowest BCUT2D eigenvalue weighted by Crippen LogP contribution is -2.04. The summed E-state index contributed by atoms with van der Waals surface area (Å²) in [5.74, 6) is 0. The van der Waals surface area contributed by atoms with Gasteiger partial charge in [-0.15, -0.1) is 11.3 Å². The maximum Gasteiger partial charge on any atom is 0.0578 e. The third-order valence-electron chi connectivity index (χ3n) is 3.20. The van der Waals surface area contributed by atoms with Crippen LogP contribution in [0.5, 0.6) is 0 Å². The standard InChI is InChI=1S/C16H21NOS/c1-3-15-8-9-16(19-15)12(2)17-14-6-4-13(5-7-14)10-11-18/h4-9,12,17-18H,3,10-11H2,1-2H3. The van der Waals surface area contributed by atoms with Crippen LogP contribution in [-0.2, 0) is 12.8 Å². The molecule has 1 aromatic heterocycles. The van der Waals surface area contributed by atoms with Gasteiger partial charge in [-0.05, 0) is 49.6 Å². The second kappa shape index (κ2) is 6.73. The van der Waals surface area contributed by atoms with Crippen LogP contribution >= 0.6 is 11.3 Å². The zero-order chi connectivity index (χ0) is 13.7. The molecule has 0 aliphatic rings. The van der Waals surface area contributed by atoms with E-state index in [9.17, 15) is 0 Å². The molecule has 1 aromatic carbocycles. The molecule has 1 unspecified atom stereocenters. The van der Waals surface area contributed by atoms with Crippen LogP contribution in [0.25, 0.3) is 0 Å². The minimum absolute atomic E-state index is 0.207. The first kappa shape index (κ1) is 14.1. The van der Waals surface area contributed by atoms with E-state index in [2.05, 4.69) is 55.6 Å². The van der Waals surface area contributed by atoms with E-state index in [-0.39, 0.29) is 6.61 Å². The van der Waals surface area contributed by atoms with Gasteiger partial charge in [-0.3, -0.25) is 0 Å². The Morgan fingerprint density at radius 2 is 1.89 bits per heavy atom. The number of hydrogen-bond donors (Lipinski definition) is 2. The minimum atomic E-state index is 0.207. The summed E-state index contributed by atoms with van der Waals surface area (Å²) < 4.78 is 0. The van der Waals surface area contributed by atoms with Gasteiger partial charge in [-0.2, -0.15) is 0 Å². The fourth-order valence-electron chi connectivity index (χ4n) is 2.04. The largest absolute Gasteiger partial charge is 0.396 e. The Bertz CT molecular complexity index is 504. The molecule has 0 spiro atoms. The number of nitrogens with one attached hydrogen (secondary N) is 1. The van der Waals surface area contributed by atoms with Crippen LogP contribution in [0, 0.1) is 0 Å². The number of benzene rings is 1. The SMILES string of the molecule is CCc1ccc(C(C)Nc2ccc(CCO)cc2)s1. The summed E-state index contributed by atoms with van der Waals surface area (Å²) in [6.07, 6.45) is 1.83. The van der Waals surface area contributed by atoms with Crippen LogP contribution in [0.2, 0.25) is 0 Å². The predicted octanol–water partition coefficient (Wildman–Crippen LogP) is 4.02. The molecule has 2 nitrogen and oxygen atoms in total. The molecule has 2 rings (SSSR count). The Morgan fingerprint density at radius 3 is 2.47 bits per heavy atom. The fourth-order valence-corrected chi connectivity index (χ4v) is 2.99. The van der Waals surface area contributed by atoms with Crippen molar-refractivity contribution in [3.05, 3.63) is 51.7 Å². The monoisotopic (exact) mass is 275 g/mol. The normalized spacial score (nSPS) is 12.4. The van der Waals surface area contributed by atoms with Crippen molar-refractivity contribution in [1.82, 2.24) is 0 Å². The van der Waals surface area contributed by atoms with Crippen molar-refractivity contribution in [3.63, 3.8) is 0 Å². The maximum absolute atomic E-state index is 8.89. The first-order valence-corrected chi connectivity index (χ1v) is 7.59. The first-order valence-electron chi connectivity index (χ1n) is 6.78. The van der Waals surface area contributed by atoms with E-state index in [4.69, 9.17) is 5.11 Å². The highest BCUT2D eigenvalue weighted by Crippen LogP contribution is 2.26. The highest BCUT2D eigenvalue weighted by atomic mass is 32.1. The molecule has 3 heteroatoms. The van der Waals surface area contributed by atoms with Crippen molar-refractivity contribution in [2.45, 2.75) is 32.7 Å². The molecule has 2 N–H and O–H groups in total. The van der Waals surface area contributed by atoms with Gasteiger partial charge >= 0.3 is 0 Å². The van der Waals surface area contributed by atoms with Crippen LogP contribution in [0.4, 0.5) is 5.69 Å². The number of aliphatic hydroxyl groups excluding tert-OH is 1. The second-order valence-electron chi connectivity index (χ2n) is 4.69. The minimum Gasteiger partial charge on any atom is -0.396 e. The summed E-state index contributed by atoms with van der Waals surface area (Å²) in [4.78, 5) is 2.80. The van der Waals surface area contributed by atoms with Gasteiger partial charge in [0.25, 0.3) is 0 Å². The van der Waals surface area contributed by atoms with Crippen LogP contribution in [-0.4, -0.2) is 11.7 Å². The molecule has 0 bridgehead atoms. The molecule has 102 valence electrons. The van der Waals surface area contributed by atoms with Crippen molar-refractivity contribution in [1.29, 1.82) is 0 Å². The molecule has 0 aliphatic heterocycles. The van der Waals surface area contributed by atoms with E-state index in [0.29, 0.717) is 6.04 Å². The van der Waals surface area contributed by atoms with Gasteiger partial charge in [-0.1, -0.05) is 19.1 Å². The van der Waals surface area contributed by atoms with E-state index in [0.717, 1.165) is 18.5 Å². The molecule has 2 aromatic rings. The maximum atomic E-state index is 8.89. The van der Waals surface area contributed by atoms with Crippen molar-refractivity contribution in [2.24, 2.45) is 0 Å². The fraction of sp³-hybridized carbons (Fsp3) is 0.375. The number of aryl methyl sites for hydroxylation is 1. The lowest BCUT2D eigenvalue weighted by molar-refractivity contribution is 0.299. The van der Waals surface area contributed by atoms with Crippen molar-refractivity contribution >= 4 is 17.0 Å². The number of hydrogen-bond acceptors (Lipinski definition) is 3. The van der Waals surface area contributed by atoms with Crippen LogP contribution in [0.15, 0.2) is 36.4 Å². The Balaban J connectivity index is 1.99. The van der Waals surface area contributed by atoms with Gasteiger partial charge in [0.05, 0.1) is 6.04 Å². The van der Waals surface area contributed by atoms with E-state index in [1.165, 1.54) is 15.3 Å². The Morgan fingerprint density at radius 1 is 1.16 bits per heavy atom. The van der Waals surface area contributed by atoms with E-state index >= 15 is 0 Å². The predicted molar refractivity (Wildman–Crippen MR) is 83.0 cm³/mol. The molecule has 19 heavy (non-hydrogen) atoms. The molecule has 1 heterocycles. The van der Waals surface area contributed by atoms with Gasteiger partial charge in [0.1, 0.15) is 0 Å². The number of aliphatic hydroxyl groups is 1. The van der Waals surface area contributed by atoms with E-state index in [1.54, 1.807) is 0 Å². The van der Waals surface area contributed by atoms with E-state index in [1.807, 2.05) is 11.3 Å². The number of thiophene rings is 1. The lowest BCUT2D eigenvalue weighted by Gasteiger charge is -2.14. The Hall–Kier alpha value is -1.32. The van der Waals surface area contributed by atoms with Crippen LogP contribution in [0.3, 0.4) is 0 Å². The molecule has 1 atom stereocenters. The quantitative estimate of drug-likeness (QED) is 0.834. The topological polar surface area (TPSA) is 32.3 Å². The van der Waals surface area contributed by atoms with E-state index < -0.39 is 0 Å². The summed E-state index contributed by atoms with van der Waals surface area (Å²) in [6.45, 7) is 4.58. The first-order chi connectivity index (χ1) is 9.22. The summed E-state index contributed by atoms with van der Waals surface area (Å²) >= 11 is 1.88. The van der Waals surface area contributed by atoms with Crippen molar-refractivity contribution < 1.29 is 5.11 Å². The number of rotatable bonds is 6. The second-order valence-corrected chi connectivity index (χ2v) is 5.89. The summed E-state index contributed by atoms with van der Waals surface area (Å²) in [7, 11) is 0. The van der Waals surface area contributed by atoms with Crippen LogP contribution < -0.4 is 5.32 Å². The third-order valence-corrected chi connectivity index (χ3v) is 4.61. The third kappa shape index (κ3) is 3.82. The van der Waals surface area contributed by atoms with Gasteiger partial charge in [-0.25, -0.2) is 0 Å². The zero-order valence-corrected chi connectivity index (χ0v) is 12.3. The number of anilines is 1. The smallest absolute Gasteiger partial charge is 0.0578 e. The van der Waals surface area contributed by atoms with Crippen molar-refractivity contribution in [2.75, 3.05) is 11.9 Å². The zero-order valence-electron chi connectivity index (χ0n) is 11.5. The molecule has 0 saturated carbocycles. The van der Waals surface area contributed by atoms with Gasteiger partial charge in [0.2, 0.25) is 0 Å². The highest BCUT2D eigenvalue weighted by molar-refractivity contribution is 7.12. The molecule has 0 aliphatic carbocycles. The molecular weight excluding hydrogens is 254 g/mol. The molecular formula is C16H21NOS. The summed E-state index contributed by atoms with van der Waals surface area (Å²) in [5.41, 5.74) is 2.30. The summed E-state index contributed by atoms with van der Waals surface area (Å²) in [5, 5.41) is 12.4. The lowest BCUT2D eigenvalue weighted by atomic mass is 10.1. The average molecular weight is 275 g/mol. The molecule has 0 amide bonds. The Labute approximate surface area is 119 Å². The Kier molecular flexibility index (Phi) is 5.00. The van der Waals surface area contributed by atoms with Gasteiger partial charge in [0.15, 0.2) is 0 Å².